The van der Waals surface area contributed by atoms with Crippen LogP contribution in [-0.4, -0.2) is 29.4 Å². The van der Waals surface area contributed by atoms with Crippen LogP contribution in [-0.2, 0) is 10.2 Å². The summed E-state index contributed by atoms with van der Waals surface area (Å²) >= 11 is 0. The van der Waals surface area contributed by atoms with Crippen LogP contribution in [0.15, 0.2) is 10.6 Å². The Hall–Kier alpha value is -1.56. The van der Waals surface area contributed by atoms with E-state index in [1.165, 1.54) is 13.2 Å². The van der Waals surface area contributed by atoms with E-state index in [0.29, 0.717) is 11.6 Å². The molecule has 1 heterocycles. The molecule has 1 rings (SSSR count). The van der Waals surface area contributed by atoms with Gasteiger partial charge in [0.1, 0.15) is 11.8 Å². The fourth-order valence-electron chi connectivity index (χ4n) is 1.12. The molecule has 1 aromatic rings. The second-order valence-electron chi connectivity index (χ2n) is 3.77. The lowest BCUT2D eigenvalue weighted by atomic mass is 9.82. The van der Waals surface area contributed by atoms with Crippen molar-refractivity contribution in [3.8, 4) is 5.88 Å². The first-order chi connectivity index (χ1) is 6.89. The molecule has 0 radical (unpaired) electrons. The van der Waals surface area contributed by atoms with Gasteiger partial charge in [-0.15, -0.1) is 0 Å². The Morgan fingerprint density at radius 3 is 2.73 bits per heavy atom. The number of rotatable bonds is 4. The minimum atomic E-state index is -1.09. The zero-order valence-corrected chi connectivity index (χ0v) is 8.85. The first-order valence-electron chi connectivity index (χ1n) is 4.39. The molecule has 0 aromatic carbocycles. The third kappa shape index (κ3) is 2.10. The third-order valence-corrected chi connectivity index (χ3v) is 2.38. The Morgan fingerprint density at radius 2 is 2.33 bits per heavy atom. The van der Waals surface area contributed by atoms with Crippen molar-refractivity contribution >= 4 is 5.97 Å². The standard InChI is InChI=1S/C9H14N2O4/c1-9(2,7(10)8(12)13)5-4-6(14-3)11-15-5/h4,7H,10H2,1-3H3,(H,12,13). The number of aromatic nitrogens is 1. The summed E-state index contributed by atoms with van der Waals surface area (Å²) in [5, 5.41) is 12.4. The maximum absolute atomic E-state index is 10.8. The predicted molar refractivity (Wildman–Crippen MR) is 51.7 cm³/mol. The molecule has 0 aliphatic heterocycles. The van der Waals surface area contributed by atoms with E-state index >= 15 is 0 Å². The highest BCUT2D eigenvalue weighted by Crippen LogP contribution is 2.28. The summed E-state index contributed by atoms with van der Waals surface area (Å²) in [5.74, 6) is -0.403. The molecule has 84 valence electrons. The number of carbonyl (C=O) groups is 1. The van der Waals surface area contributed by atoms with Crippen molar-refractivity contribution in [2.24, 2.45) is 5.73 Å². The zero-order chi connectivity index (χ0) is 11.6. The number of carboxylic acid groups (broad SMARTS) is 1. The molecule has 0 saturated heterocycles. The maximum atomic E-state index is 10.8. The minimum absolute atomic E-state index is 0.302. The van der Waals surface area contributed by atoms with Gasteiger partial charge < -0.3 is 20.1 Å². The summed E-state index contributed by atoms with van der Waals surface area (Å²) in [7, 11) is 1.45. The normalized spacial score (nSPS) is 13.6. The van der Waals surface area contributed by atoms with Crippen LogP contribution >= 0.6 is 0 Å². The van der Waals surface area contributed by atoms with Crippen LogP contribution in [0.4, 0.5) is 0 Å². The molecule has 0 aliphatic carbocycles. The van der Waals surface area contributed by atoms with Crippen LogP contribution in [0, 0.1) is 0 Å². The van der Waals surface area contributed by atoms with Gasteiger partial charge in [0.25, 0.3) is 5.88 Å². The lowest BCUT2D eigenvalue weighted by Gasteiger charge is -2.24. The molecule has 1 atom stereocenters. The van der Waals surface area contributed by atoms with E-state index in [9.17, 15) is 4.79 Å². The van der Waals surface area contributed by atoms with Gasteiger partial charge in [-0.05, 0) is 5.16 Å². The number of hydrogen-bond donors (Lipinski definition) is 2. The van der Waals surface area contributed by atoms with Gasteiger partial charge in [-0.2, -0.15) is 0 Å². The largest absolute Gasteiger partial charge is 0.480 e. The zero-order valence-electron chi connectivity index (χ0n) is 8.85. The molecule has 6 heteroatoms. The average Bonchev–Trinajstić information content (AvgIpc) is 2.65. The smallest absolute Gasteiger partial charge is 0.321 e. The number of hydrogen-bond acceptors (Lipinski definition) is 5. The summed E-state index contributed by atoms with van der Waals surface area (Å²) in [6, 6.07) is 0.471. The molecule has 0 fully saturated rings. The summed E-state index contributed by atoms with van der Waals surface area (Å²) in [4.78, 5) is 10.8. The molecule has 1 unspecified atom stereocenters. The second-order valence-corrected chi connectivity index (χ2v) is 3.77. The summed E-state index contributed by atoms with van der Waals surface area (Å²) in [6.07, 6.45) is 0. The Labute approximate surface area is 87.0 Å². The van der Waals surface area contributed by atoms with Crippen molar-refractivity contribution in [1.29, 1.82) is 0 Å². The quantitative estimate of drug-likeness (QED) is 0.751. The van der Waals surface area contributed by atoms with Crippen molar-refractivity contribution in [3.05, 3.63) is 11.8 Å². The van der Waals surface area contributed by atoms with Gasteiger partial charge in [0, 0.05) is 6.07 Å². The van der Waals surface area contributed by atoms with E-state index in [1.54, 1.807) is 13.8 Å². The molecule has 3 N–H and O–H groups in total. The van der Waals surface area contributed by atoms with Crippen LogP contribution in [0.1, 0.15) is 19.6 Å². The van der Waals surface area contributed by atoms with Gasteiger partial charge in [-0.3, -0.25) is 4.79 Å². The molecule has 0 bridgehead atoms. The van der Waals surface area contributed by atoms with Gasteiger partial charge >= 0.3 is 5.97 Å². The average molecular weight is 214 g/mol. The summed E-state index contributed by atoms with van der Waals surface area (Å²) < 4.78 is 9.81. The van der Waals surface area contributed by atoms with Crippen molar-refractivity contribution in [3.63, 3.8) is 0 Å². The van der Waals surface area contributed by atoms with E-state index in [2.05, 4.69) is 5.16 Å². The van der Waals surface area contributed by atoms with Crippen LogP contribution in [0.5, 0.6) is 5.88 Å². The maximum Gasteiger partial charge on any atom is 0.321 e. The molecule has 0 amide bonds. The van der Waals surface area contributed by atoms with Crippen molar-refractivity contribution in [2.75, 3.05) is 7.11 Å². The van der Waals surface area contributed by atoms with Crippen LogP contribution in [0.2, 0.25) is 0 Å². The number of nitrogens with zero attached hydrogens (tertiary/aromatic N) is 1. The van der Waals surface area contributed by atoms with Gasteiger partial charge in [0.05, 0.1) is 12.5 Å². The molecular weight excluding hydrogens is 200 g/mol. The van der Waals surface area contributed by atoms with E-state index in [-0.39, 0.29) is 0 Å². The topological polar surface area (TPSA) is 98.6 Å². The molecule has 6 nitrogen and oxygen atoms in total. The fourth-order valence-corrected chi connectivity index (χ4v) is 1.12. The Kier molecular flexibility index (Phi) is 2.99. The number of ether oxygens (including phenoxy) is 1. The first kappa shape index (κ1) is 11.5. The van der Waals surface area contributed by atoms with Crippen LogP contribution in [0.3, 0.4) is 0 Å². The molecule has 0 saturated carbocycles. The number of carboxylic acids is 1. The van der Waals surface area contributed by atoms with E-state index in [0.717, 1.165) is 0 Å². The first-order valence-corrected chi connectivity index (χ1v) is 4.39. The lowest BCUT2D eigenvalue weighted by molar-refractivity contribution is -0.140. The monoisotopic (exact) mass is 214 g/mol. The number of aliphatic carboxylic acids is 1. The van der Waals surface area contributed by atoms with Gasteiger partial charge in [-0.1, -0.05) is 13.8 Å². The number of methoxy groups -OCH3 is 1. The molecule has 1 aromatic heterocycles. The summed E-state index contributed by atoms with van der Waals surface area (Å²) in [5.41, 5.74) is 4.71. The van der Waals surface area contributed by atoms with Crippen LogP contribution < -0.4 is 10.5 Å². The molecule has 0 aliphatic rings. The highest BCUT2D eigenvalue weighted by molar-refractivity contribution is 5.75. The highest BCUT2D eigenvalue weighted by atomic mass is 16.5. The van der Waals surface area contributed by atoms with Gasteiger partial charge in [-0.25, -0.2) is 0 Å². The Bertz CT molecular complexity index is 359. The molecule has 15 heavy (non-hydrogen) atoms. The van der Waals surface area contributed by atoms with Crippen molar-refractivity contribution in [1.82, 2.24) is 5.16 Å². The third-order valence-electron chi connectivity index (χ3n) is 2.38. The van der Waals surface area contributed by atoms with Gasteiger partial charge in [0.15, 0.2) is 0 Å². The van der Waals surface area contributed by atoms with Crippen LogP contribution in [0.25, 0.3) is 0 Å². The van der Waals surface area contributed by atoms with Crippen molar-refractivity contribution in [2.45, 2.75) is 25.3 Å². The van der Waals surface area contributed by atoms with Crippen molar-refractivity contribution < 1.29 is 19.2 Å². The van der Waals surface area contributed by atoms with E-state index in [1.807, 2.05) is 0 Å². The predicted octanol–water partition coefficient (Wildman–Crippen LogP) is 0.373. The van der Waals surface area contributed by atoms with E-state index in [4.69, 9.17) is 20.1 Å². The van der Waals surface area contributed by atoms with E-state index < -0.39 is 17.4 Å². The fraction of sp³-hybridized carbons (Fsp3) is 0.556. The SMILES string of the molecule is COc1cc(C(C)(C)C(N)C(=O)O)on1. The molecule has 0 spiro atoms. The Balaban J connectivity index is 2.99. The highest BCUT2D eigenvalue weighted by Gasteiger charge is 2.37. The number of nitrogens with two attached hydrogens (primary N) is 1. The Morgan fingerprint density at radius 1 is 1.73 bits per heavy atom. The molecular formula is C9H14N2O4. The summed E-state index contributed by atoms with van der Waals surface area (Å²) in [6.45, 7) is 3.34. The second kappa shape index (κ2) is 3.90. The minimum Gasteiger partial charge on any atom is -0.480 e. The lowest BCUT2D eigenvalue weighted by Crippen LogP contribution is -2.46. The van der Waals surface area contributed by atoms with Gasteiger partial charge in [0.2, 0.25) is 0 Å².